The summed E-state index contributed by atoms with van der Waals surface area (Å²) in [6.07, 6.45) is 0. The van der Waals surface area contributed by atoms with E-state index in [1.54, 1.807) is 18.2 Å². The Labute approximate surface area is 121 Å². The second kappa shape index (κ2) is 5.45. The van der Waals surface area contributed by atoms with Gasteiger partial charge in [0.1, 0.15) is 0 Å². The highest BCUT2D eigenvalue weighted by atomic mass is 79.9. The first-order valence-corrected chi connectivity index (χ1v) is 6.70. The van der Waals surface area contributed by atoms with Crippen LogP contribution in [-0.4, -0.2) is 5.91 Å². The predicted octanol–water partition coefficient (Wildman–Crippen LogP) is 3.90. The van der Waals surface area contributed by atoms with E-state index >= 15 is 0 Å². The summed E-state index contributed by atoms with van der Waals surface area (Å²) in [6, 6.07) is 11.1. The Hall–Kier alpha value is -1.81. The molecule has 2 rings (SSSR count). The number of carbonyl (C=O) groups is 1. The van der Waals surface area contributed by atoms with Crippen molar-refractivity contribution in [3.8, 4) is 0 Å². The average Bonchev–Trinajstić information content (AvgIpc) is 2.34. The minimum Gasteiger partial charge on any atom is -0.397 e. The van der Waals surface area contributed by atoms with Gasteiger partial charge in [-0.3, -0.25) is 4.79 Å². The number of hydrogen-bond donors (Lipinski definition) is 2. The molecule has 0 saturated carbocycles. The molecule has 0 bridgehead atoms. The van der Waals surface area contributed by atoms with Gasteiger partial charge in [0.05, 0.1) is 11.4 Å². The lowest BCUT2D eigenvalue weighted by Gasteiger charge is -2.12. The van der Waals surface area contributed by atoms with E-state index in [9.17, 15) is 4.79 Å². The van der Waals surface area contributed by atoms with Crippen LogP contribution in [0.2, 0.25) is 0 Å². The van der Waals surface area contributed by atoms with Crippen LogP contribution in [0.5, 0.6) is 0 Å². The molecule has 98 valence electrons. The molecule has 0 radical (unpaired) electrons. The number of nitrogen functional groups attached to an aromatic ring is 1. The van der Waals surface area contributed by atoms with Gasteiger partial charge in [-0.25, -0.2) is 0 Å². The van der Waals surface area contributed by atoms with Crippen molar-refractivity contribution in [2.75, 3.05) is 11.1 Å². The lowest BCUT2D eigenvalue weighted by molar-refractivity contribution is 0.102. The smallest absolute Gasteiger partial charge is 0.255 e. The maximum absolute atomic E-state index is 12.1. The van der Waals surface area contributed by atoms with Gasteiger partial charge in [-0.15, -0.1) is 0 Å². The molecule has 0 atom stereocenters. The summed E-state index contributed by atoms with van der Waals surface area (Å²) < 4.78 is 0.899. The van der Waals surface area contributed by atoms with Crippen LogP contribution in [0, 0.1) is 13.8 Å². The molecule has 19 heavy (non-hydrogen) atoms. The summed E-state index contributed by atoms with van der Waals surface area (Å²) >= 11 is 3.37. The number of anilines is 2. The lowest BCUT2D eigenvalue weighted by atomic mass is 10.1. The van der Waals surface area contributed by atoms with Gasteiger partial charge >= 0.3 is 0 Å². The van der Waals surface area contributed by atoms with Crippen LogP contribution in [0.3, 0.4) is 0 Å². The third-order valence-corrected chi connectivity index (χ3v) is 3.34. The van der Waals surface area contributed by atoms with Crippen molar-refractivity contribution in [1.29, 1.82) is 0 Å². The molecule has 2 aromatic carbocycles. The quantitative estimate of drug-likeness (QED) is 0.825. The number of halogens is 1. The zero-order valence-corrected chi connectivity index (χ0v) is 12.4. The standard InChI is InChI=1S/C15H15BrN2O/c1-9-3-5-11(6-4-9)15(19)18-14-10(2)7-12(16)8-13(14)17/h3-8H,17H2,1-2H3,(H,18,19). The van der Waals surface area contributed by atoms with Crippen molar-refractivity contribution in [3.05, 3.63) is 57.6 Å². The Morgan fingerprint density at radius 3 is 2.37 bits per heavy atom. The van der Waals surface area contributed by atoms with E-state index in [-0.39, 0.29) is 5.91 Å². The molecular weight excluding hydrogens is 304 g/mol. The number of aryl methyl sites for hydroxylation is 2. The van der Waals surface area contributed by atoms with Gasteiger partial charge in [0.15, 0.2) is 0 Å². The summed E-state index contributed by atoms with van der Waals surface area (Å²) in [7, 11) is 0. The Morgan fingerprint density at radius 1 is 1.16 bits per heavy atom. The second-order valence-corrected chi connectivity index (χ2v) is 5.42. The molecule has 0 fully saturated rings. The topological polar surface area (TPSA) is 55.1 Å². The highest BCUT2D eigenvalue weighted by Gasteiger charge is 2.10. The molecule has 0 aliphatic carbocycles. The molecule has 3 nitrogen and oxygen atoms in total. The second-order valence-electron chi connectivity index (χ2n) is 4.51. The molecule has 0 aromatic heterocycles. The first kappa shape index (κ1) is 13.6. The van der Waals surface area contributed by atoms with Crippen molar-refractivity contribution >= 4 is 33.2 Å². The molecule has 2 aromatic rings. The van der Waals surface area contributed by atoms with Gasteiger partial charge in [0.2, 0.25) is 0 Å². The van der Waals surface area contributed by atoms with Crippen LogP contribution in [0.15, 0.2) is 40.9 Å². The molecule has 3 N–H and O–H groups in total. The Bertz CT molecular complexity index is 598. The SMILES string of the molecule is Cc1ccc(C(=O)Nc2c(C)cc(Br)cc2N)cc1. The van der Waals surface area contributed by atoms with Gasteiger partial charge in [-0.1, -0.05) is 33.6 Å². The predicted molar refractivity (Wildman–Crippen MR) is 82.4 cm³/mol. The van der Waals surface area contributed by atoms with E-state index in [4.69, 9.17) is 5.73 Å². The molecule has 0 spiro atoms. The zero-order chi connectivity index (χ0) is 14.0. The third kappa shape index (κ3) is 3.15. The maximum Gasteiger partial charge on any atom is 0.255 e. The van der Waals surface area contributed by atoms with Crippen molar-refractivity contribution in [3.63, 3.8) is 0 Å². The summed E-state index contributed by atoms with van der Waals surface area (Å²) in [6.45, 7) is 3.89. The van der Waals surface area contributed by atoms with Crippen LogP contribution >= 0.6 is 15.9 Å². The van der Waals surface area contributed by atoms with Gasteiger partial charge in [-0.05, 0) is 43.7 Å². The summed E-state index contributed by atoms with van der Waals surface area (Å²) in [5.41, 5.74) is 9.80. The number of hydrogen-bond acceptors (Lipinski definition) is 2. The highest BCUT2D eigenvalue weighted by Crippen LogP contribution is 2.28. The van der Waals surface area contributed by atoms with E-state index in [1.165, 1.54) is 0 Å². The number of rotatable bonds is 2. The van der Waals surface area contributed by atoms with Crippen molar-refractivity contribution in [1.82, 2.24) is 0 Å². The van der Waals surface area contributed by atoms with Crippen LogP contribution in [-0.2, 0) is 0 Å². The number of nitrogens with two attached hydrogens (primary N) is 1. The summed E-state index contributed by atoms with van der Waals surface area (Å²) in [5.74, 6) is -0.155. The normalized spacial score (nSPS) is 10.3. The molecule has 0 unspecified atom stereocenters. The number of amides is 1. The number of carbonyl (C=O) groups excluding carboxylic acids is 1. The van der Waals surface area contributed by atoms with Gasteiger partial charge in [-0.2, -0.15) is 0 Å². The Balaban J connectivity index is 2.26. The average molecular weight is 319 g/mol. The largest absolute Gasteiger partial charge is 0.397 e. The lowest BCUT2D eigenvalue weighted by Crippen LogP contribution is -2.14. The van der Waals surface area contributed by atoms with Crippen LogP contribution < -0.4 is 11.1 Å². The van der Waals surface area contributed by atoms with Crippen molar-refractivity contribution in [2.45, 2.75) is 13.8 Å². The maximum atomic E-state index is 12.1. The summed E-state index contributed by atoms with van der Waals surface area (Å²) in [5, 5.41) is 2.86. The van der Waals surface area contributed by atoms with E-state index in [0.717, 1.165) is 15.6 Å². The van der Waals surface area contributed by atoms with E-state index in [2.05, 4.69) is 21.2 Å². The third-order valence-electron chi connectivity index (χ3n) is 2.88. The van der Waals surface area contributed by atoms with E-state index < -0.39 is 0 Å². The monoisotopic (exact) mass is 318 g/mol. The van der Waals surface area contributed by atoms with Crippen LogP contribution in [0.4, 0.5) is 11.4 Å². The van der Waals surface area contributed by atoms with Crippen molar-refractivity contribution in [2.24, 2.45) is 0 Å². The first-order valence-electron chi connectivity index (χ1n) is 5.91. The fourth-order valence-electron chi connectivity index (χ4n) is 1.83. The van der Waals surface area contributed by atoms with Crippen molar-refractivity contribution < 1.29 is 4.79 Å². The molecule has 1 amide bonds. The van der Waals surface area contributed by atoms with Gasteiger partial charge in [0, 0.05) is 10.0 Å². The summed E-state index contributed by atoms with van der Waals surface area (Å²) in [4.78, 5) is 12.1. The number of benzene rings is 2. The molecule has 0 heterocycles. The molecular formula is C15H15BrN2O. The minimum atomic E-state index is -0.155. The Morgan fingerprint density at radius 2 is 1.79 bits per heavy atom. The first-order chi connectivity index (χ1) is 8.97. The molecule has 0 aliphatic heterocycles. The van der Waals surface area contributed by atoms with Crippen LogP contribution in [0.25, 0.3) is 0 Å². The molecule has 0 saturated heterocycles. The number of nitrogens with one attached hydrogen (secondary N) is 1. The fourth-order valence-corrected chi connectivity index (χ4v) is 2.42. The fraction of sp³-hybridized carbons (Fsp3) is 0.133. The van der Waals surface area contributed by atoms with E-state index in [0.29, 0.717) is 16.9 Å². The van der Waals surface area contributed by atoms with Gasteiger partial charge < -0.3 is 11.1 Å². The zero-order valence-electron chi connectivity index (χ0n) is 10.8. The Kier molecular flexibility index (Phi) is 3.90. The molecule has 4 heteroatoms. The molecule has 0 aliphatic rings. The van der Waals surface area contributed by atoms with E-state index in [1.807, 2.05) is 32.0 Å². The van der Waals surface area contributed by atoms with Gasteiger partial charge in [0.25, 0.3) is 5.91 Å². The minimum absolute atomic E-state index is 0.155. The highest BCUT2D eigenvalue weighted by molar-refractivity contribution is 9.10. The van der Waals surface area contributed by atoms with Crippen LogP contribution in [0.1, 0.15) is 21.5 Å².